The maximum Gasteiger partial charge on any atom is 0.470 e. The second kappa shape index (κ2) is 5.12. The van der Waals surface area contributed by atoms with E-state index in [1.807, 2.05) is 0 Å². The van der Waals surface area contributed by atoms with Gasteiger partial charge in [-0.3, -0.25) is 18.9 Å². The number of imidazole rings is 1. The monoisotopic (exact) mass is 333 g/mol. The quantitative estimate of drug-likeness (QED) is 0.396. The molecule has 3 atom stereocenters. The van der Waals surface area contributed by atoms with Crippen molar-refractivity contribution >= 4 is 24.9 Å². The molecule has 1 fully saturated rings. The number of aromatic amines is 1. The normalized spacial score (nSPS) is 25.9. The first-order valence-corrected chi connectivity index (χ1v) is 7.55. The number of hydrogen-bond acceptors (Lipinski definition) is 8. The molecule has 22 heavy (non-hydrogen) atoms. The van der Waals surface area contributed by atoms with Crippen LogP contribution in [0.15, 0.2) is 11.1 Å². The number of nitrogens with one attached hydrogen (secondary N) is 1. The van der Waals surface area contributed by atoms with Crippen molar-refractivity contribution in [3.63, 3.8) is 0 Å². The SMILES string of the molecule is Nc1nc2c(ncn2[C@@H]2OC[C@H](O)[C@H]2OP(=O)(O)O)c(=O)[nH]1. The number of rotatable bonds is 3. The number of anilines is 1. The fourth-order valence-corrected chi connectivity index (χ4v) is 2.79. The number of fused-ring (bicyclic) bond motifs is 1. The number of H-pyrrole nitrogens is 1. The van der Waals surface area contributed by atoms with Crippen LogP contribution >= 0.6 is 7.82 Å². The third kappa shape index (κ3) is 2.63. The van der Waals surface area contributed by atoms with Gasteiger partial charge < -0.3 is 25.4 Å². The fourth-order valence-electron chi connectivity index (χ4n) is 2.23. The summed E-state index contributed by atoms with van der Waals surface area (Å²) in [4.78, 5) is 39.6. The molecule has 6 N–H and O–H groups in total. The standard InChI is InChI=1S/C9H12N5O7P/c10-9-12-6-4(7(16)13-9)11-2-14(6)8-5(3(15)1-20-8)21-22(17,18)19/h2-3,5,8,15H,1H2,(H2,17,18,19)(H3,10,12,13,16)/t3-,5+,8+/m0/s1. The first-order valence-electron chi connectivity index (χ1n) is 6.02. The Bertz CT molecular complexity index is 812. The average molecular weight is 333 g/mol. The summed E-state index contributed by atoms with van der Waals surface area (Å²) >= 11 is 0. The lowest BCUT2D eigenvalue weighted by atomic mass is 10.2. The van der Waals surface area contributed by atoms with E-state index in [0.29, 0.717) is 0 Å². The van der Waals surface area contributed by atoms with E-state index in [1.165, 1.54) is 10.9 Å². The topological polar surface area (TPSA) is 186 Å². The molecule has 0 radical (unpaired) electrons. The predicted octanol–water partition coefficient (Wildman–Crippen LogP) is -1.93. The third-order valence-corrected chi connectivity index (χ3v) is 3.60. The highest BCUT2D eigenvalue weighted by atomic mass is 31.2. The summed E-state index contributed by atoms with van der Waals surface area (Å²) in [6.45, 7) is -0.215. The van der Waals surface area contributed by atoms with Crippen LogP contribution in [0.4, 0.5) is 5.95 Å². The molecule has 1 aliphatic heterocycles. The van der Waals surface area contributed by atoms with Crippen LogP contribution in [0.2, 0.25) is 0 Å². The number of aliphatic hydroxyl groups excluding tert-OH is 1. The Morgan fingerprint density at radius 3 is 2.95 bits per heavy atom. The van der Waals surface area contributed by atoms with E-state index >= 15 is 0 Å². The summed E-state index contributed by atoms with van der Waals surface area (Å²) in [6, 6.07) is 0. The van der Waals surface area contributed by atoms with E-state index in [1.54, 1.807) is 0 Å². The largest absolute Gasteiger partial charge is 0.470 e. The zero-order valence-electron chi connectivity index (χ0n) is 10.9. The Labute approximate surface area is 121 Å². The number of aromatic nitrogens is 4. The molecule has 13 heteroatoms. The predicted molar refractivity (Wildman–Crippen MR) is 70.5 cm³/mol. The van der Waals surface area contributed by atoms with Gasteiger partial charge in [-0.25, -0.2) is 9.55 Å². The second-order valence-electron chi connectivity index (χ2n) is 4.63. The highest BCUT2D eigenvalue weighted by molar-refractivity contribution is 7.46. The Morgan fingerprint density at radius 2 is 2.27 bits per heavy atom. The van der Waals surface area contributed by atoms with Crippen molar-refractivity contribution in [2.45, 2.75) is 18.4 Å². The highest BCUT2D eigenvalue weighted by Gasteiger charge is 2.43. The number of nitrogens with zero attached hydrogens (tertiary/aromatic N) is 3. The van der Waals surface area contributed by atoms with Gasteiger partial charge >= 0.3 is 7.82 Å². The first-order chi connectivity index (χ1) is 10.3. The van der Waals surface area contributed by atoms with Crippen LogP contribution in [0.25, 0.3) is 11.2 Å². The van der Waals surface area contributed by atoms with Gasteiger partial charge in [0.25, 0.3) is 5.56 Å². The molecule has 0 amide bonds. The van der Waals surface area contributed by atoms with Crippen molar-refractivity contribution in [2.75, 3.05) is 12.3 Å². The zero-order valence-corrected chi connectivity index (χ0v) is 11.8. The van der Waals surface area contributed by atoms with Crippen molar-refractivity contribution in [2.24, 2.45) is 0 Å². The van der Waals surface area contributed by atoms with Crippen LogP contribution in [0.5, 0.6) is 0 Å². The van der Waals surface area contributed by atoms with Crippen LogP contribution in [-0.4, -0.2) is 53.2 Å². The van der Waals surface area contributed by atoms with Crippen molar-refractivity contribution in [3.05, 3.63) is 16.7 Å². The van der Waals surface area contributed by atoms with E-state index in [-0.39, 0.29) is 23.7 Å². The second-order valence-corrected chi connectivity index (χ2v) is 5.82. The molecule has 1 saturated heterocycles. The smallest absolute Gasteiger partial charge is 0.388 e. The Kier molecular flexibility index (Phi) is 3.51. The number of nitrogens with two attached hydrogens (primary N) is 1. The summed E-state index contributed by atoms with van der Waals surface area (Å²) in [7, 11) is -4.86. The number of nitrogen functional groups attached to an aromatic ring is 1. The average Bonchev–Trinajstić information content (AvgIpc) is 2.93. The Hall–Kier alpha value is -1.82. The molecular formula is C9H12N5O7P. The van der Waals surface area contributed by atoms with Gasteiger partial charge in [-0.05, 0) is 0 Å². The molecule has 3 heterocycles. The summed E-state index contributed by atoms with van der Waals surface area (Å²) in [5.74, 6) is -0.162. The molecule has 0 spiro atoms. The van der Waals surface area contributed by atoms with E-state index in [0.717, 1.165) is 0 Å². The molecule has 3 rings (SSSR count). The van der Waals surface area contributed by atoms with Crippen LogP contribution < -0.4 is 11.3 Å². The van der Waals surface area contributed by atoms with Crippen LogP contribution in [0.3, 0.4) is 0 Å². The van der Waals surface area contributed by atoms with Crippen molar-refractivity contribution in [1.82, 2.24) is 19.5 Å². The van der Waals surface area contributed by atoms with Gasteiger partial charge in [0.05, 0.1) is 12.9 Å². The van der Waals surface area contributed by atoms with E-state index in [4.69, 9.17) is 20.3 Å². The molecule has 2 aromatic heterocycles. The van der Waals surface area contributed by atoms with Crippen molar-refractivity contribution in [1.29, 1.82) is 0 Å². The van der Waals surface area contributed by atoms with Crippen LogP contribution in [0.1, 0.15) is 6.23 Å². The van der Waals surface area contributed by atoms with Gasteiger partial charge in [0, 0.05) is 0 Å². The molecule has 2 aromatic rings. The summed E-state index contributed by atoms with van der Waals surface area (Å²) in [5, 5.41) is 9.76. The third-order valence-electron chi connectivity index (χ3n) is 3.08. The lowest BCUT2D eigenvalue weighted by Gasteiger charge is -2.22. The minimum absolute atomic E-state index is 0.0332. The van der Waals surface area contributed by atoms with Crippen molar-refractivity contribution in [3.8, 4) is 0 Å². The number of hydrogen-bond donors (Lipinski definition) is 5. The van der Waals surface area contributed by atoms with Crippen LogP contribution in [-0.2, 0) is 13.8 Å². The first kappa shape index (κ1) is 15.1. The van der Waals surface area contributed by atoms with Gasteiger partial charge in [-0.15, -0.1) is 0 Å². The number of phosphoric ester groups is 1. The number of aliphatic hydroxyl groups is 1. The maximum atomic E-state index is 11.7. The molecule has 0 bridgehead atoms. The Balaban J connectivity index is 2.06. The van der Waals surface area contributed by atoms with Crippen LogP contribution in [0, 0.1) is 0 Å². The van der Waals surface area contributed by atoms with Gasteiger partial charge in [0.1, 0.15) is 12.2 Å². The number of phosphoric acid groups is 1. The van der Waals surface area contributed by atoms with E-state index < -0.39 is 31.8 Å². The number of ether oxygens (including phenoxy) is 1. The van der Waals surface area contributed by atoms with Gasteiger partial charge in [0.2, 0.25) is 5.95 Å². The van der Waals surface area contributed by atoms with Gasteiger partial charge in [-0.2, -0.15) is 4.98 Å². The lowest BCUT2D eigenvalue weighted by Crippen LogP contribution is -2.30. The molecule has 0 saturated carbocycles. The summed E-state index contributed by atoms with van der Waals surface area (Å²) in [6.07, 6.45) is -2.57. The van der Waals surface area contributed by atoms with Gasteiger partial charge in [0.15, 0.2) is 17.4 Å². The minimum atomic E-state index is -4.86. The Morgan fingerprint density at radius 1 is 1.55 bits per heavy atom. The molecular weight excluding hydrogens is 321 g/mol. The molecule has 0 aromatic carbocycles. The summed E-state index contributed by atoms with van der Waals surface area (Å²) < 4.78 is 22.1. The van der Waals surface area contributed by atoms with Gasteiger partial charge in [-0.1, -0.05) is 0 Å². The van der Waals surface area contributed by atoms with E-state index in [9.17, 15) is 14.5 Å². The molecule has 0 unspecified atom stereocenters. The molecule has 120 valence electrons. The molecule has 1 aliphatic rings. The highest BCUT2D eigenvalue weighted by Crippen LogP contribution is 2.43. The van der Waals surface area contributed by atoms with Crippen molar-refractivity contribution < 1.29 is 28.7 Å². The molecule has 0 aliphatic carbocycles. The lowest BCUT2D eigenvalue weighted by molar-refractivity contribution is -0.0158. The van der Waals surface area contributed by atoms with E-state index in [2.05, 4.69) is 19.5 Å². The summed E-state index contributed by atoms with van der Waals surface area (Å²) in [5.41, 5.74) is 4.89. The molecule has 12 nitrogen and oxygen atoms in total. The zero-order chi connectivity index (χ0) is 16.1. The fraction of sp³-hybridized carbons (Fsp3) is 0.444. The minimum Gasteiger partial charge on any atom is -0.388 e. The maximum absolute atomic E-state index is 11.7.